The van der Waals surface area contributed by atoms with Crippen LogP contribution in [0.4, 0.5) is 20.2 Å². The van der Waals surface area contributed by atoms with Gasteiger partial charge in [-0.3, -0.25) is 9.59 Å². The molecule has 0 saturated carbocycles. The second-order valence-electron chi connectivity index (χ2n) is 19.8. The number of amides is 2. The van der Waals surface area contributed by atoms with Crippen LogP contribution in [-0.2, 0) is 28.4 Å². The number of halogens is 2. The van der Waals surface area contributed by atoms with E-state index < -0.39 is 146 Å². The molecule has 7 heterocycles. The maximum absolute atomic E-state index is 16.1. The highest BCUT2D eigenvalue weighted by molar-refractivity contribution is 6.11. The summed E-state index contributed by atoms with van der Waals surface area (Å²) in [5.74, 6) is -8.89. The largest absolute Gasteiger partial charge is 0.505 e. The molecule has 26 heteroatoms. The first kappa shape index (κ1) is 55.2. The average molecular weight is 1100 g/mol. The molecule has 8 N–H and O–H groups in total. The Bertz CT molecular complexity index is 3690. The number of rotatable bonds is 14. The molecule has 9 rings (SSSR count). The maximum Gasteiger partial charge on any atom is 0.364 e. The lowest BCUT2D eigenvalue weighted by atomic mass is 9.89. The van der Waals surface area contributed by atoms with Crippen LogP contribution in [0.5, 0.6) is 23.0 Å². The van der Waals surface area contributed by atoms with E-state index in [-0.39, 0.29) is 45.8 Å². The molecule has 0 aliphatic carbocycles. The summed E-state index contributed by atoms with van der Waals surface area (Å²) in [5.41, 5.74) is -7.45. The van der Waals surface area contributed by atoms with Crippen molar-refractivity contribution < 1.29 is 90.0 Å². The van der Waals surface area contributed by atoms with Gasteiger partial charge in [0.15, 0.2) is 57.8 Å². The fraction of sp³-hybridized carbons (Fsp3) is 0.358. The predicted molar refractivity (Wildman–Crippen MR) is 270 cm³/mol. The van der Waals surface area contributed by atoms with Crippen molar-refractivity contribution in [2.45, 2.75) is 109 Å². The highest BCUT2D eigenvalue weighted by Gasteiger charge is 2.54. The molecule has 3 unspecified atom stereocenters. The summed E-state index contributed by atoms with van der Waals surface area (Å²) in [6, 6.07) is 10.4. The van der Waals surface area contributed by atoms with Crippen LogP contribution >= 0.6 is 0 Å². The number of aliphatic hydroxyl groups is 1. The van der Waals surface area contributed by atoms with Crippen molar-refractivity contribution in [2.75, 3.05) is 24.9 Å². The topological polar surface area (TPSA) is 335 Å². The van der Waals surface area contributed by atoms with Crippen LogP contribution in [0.15, 0.2) is 73.2 Å². The number of ether oxygens (including phenoxy) is 8. The predicted octanol–water partition coefficient (Wildman–Crippen LogP) is 6.26. The lowest BCUT2D eigenvalue weighted by Crippen LogP contribution is -2.65. The Labute approximate surface area is 444 Å². The summed E-state index contributed by atoms with van der Waals surface area (Å²) in [7, 11) is 2.73. The number of aryl methyl sites for hydroxylation is 2. The molecular formula is C53H53F2N5O19. The minimum Gasteiger partial charge on any atom is -0.505 e. The number of benzene rings is 2. The number of aromatic nitrogens is 3. The smallest absolute Gasteiger partial charge is 0.364 e. The number of carbonyl (C=O) groups is 4. The minimum absolute atomic E-state index is 0.0862. The first-order chi connectivity index (χ1) is 37.3. The van der Waals surface area contributed by atoms with Crippen molar-refractivity contribution in [2.24, 2.45) is 0 Å². The van der Waals surface area contributed by atoms with E-state index in [1.807, 2.05) is 0 Å². The van der Waals surface area contributed by atoms with Gasteiger partial charge >= 0.3 is 23.2 Å². The standard InChI is InChI=1S/C53H53F2N5O19/c1-20-10-13-28(57-20)47(66)74-31-18-32(78-52(4,5)43(31)70-8)73-30-15-12-24-37(61)35(50(69)76-41(24)33(30)55)60-46(65)34-22(3)26(19-56-34)45(64)59-36-38(62)25-16-23(17-27(54)40(25)75-49(36)68)72-51-39(63)42(44(71-9)53(6,7)79-51)77-48(67)29-14-11-21(2)58-29/h10-17,19,31-32,39,42-44,51,56-58,61-63H,18H2,1-9H3,(H,59,64)(H,60,65)/t31?,32-,39?,42?,43-,44-,51+/m1/s1. The Morgan fingerprint density at radius 2 is 1.30 bits per heavy atom. The van der Waals surface area contributed by atoms with Crippen molar-refractivity contribution in [3.63, 3.8) is 0 Å². The summed E-state index contributed by atoms with van der Waals surface area (Å²) < 4.78 is 88.5. The van der Waals surface area contributed by atoms with Gasteiger partial charge in [0, 0.05) is 44.3 Å². The van der Waals surface area contributed by atoms with E-state index >= 15 is 8.78 Å². The number of anilines is 2. The van der Waals surface area contributed by atoms with Crippen molar-refractivity contribution >= 4 is 57.1 Å². The second-order valence-corrected chi connectivity index (χ2v) is 19.8. The van der Waals surface area contributed by atoms with Gasteiger partial charge in [-0.25, -0.2) is 23.6 Å². The molecule has 7 aromatic rings. The number of H-pyrrole nitrogens is 3. The third-order valence-electron chi connectivity index (χ3n) is 13.5. The second kappa shape index (κ2) is 21.0. The van der Waals surface area contributed by atoms with Gasteiger partial charge in [-0.1, -0.05) is 0 Å². The summed E-state index contributed by atoms with van der Waals surface area (Å²) in [4.78, 5) is 88.1. The maximum atomic E-state index is 16.1. The zero-order valence-electron chi connectivity index (χ0n) is 43.6. The number of esters is 2. The summed E-state index contributed by atoms with van der Waals surface area (Å²) >= 11 is 0. The van der Waals surface area contributed by atoms with E-state index in [1.165, 1.54) is 27.2 Å². The fourth-order valence-corrected chi connectivity index (χ4v) is 9.68. The number of hydrogen-bond donors (Lipinski definition) is 8. The highest BCUT2D eigenvalue weighted by atomic mass is 19.1. The molecule has 2 aliphatic rings. The molecule has 0 radical (unpaired) electrons. The first-order valence-corrected chi connectivity index (χ1v) is 24.2. The van der Waals surface area contributed by atoms with Crippen LogP contribution in [0, 0.1) is 32.4 Å². The van der Waals surface area contributed by atoms with Gasteiger partial charge in [0.25, 0.3) is 11.8 Å². The van der Waals surface area contributed by atoms with Crippen LogP contribution in [0.2, 0.25) is 0 Å². The monoisotopic (exact) mass is 1100 g/mol. The molecule has 5 aromatic heterocycles. The van der Waals surface area contributed by atoms with Crippen molar-refractivity contribution in [1.29, 1.82) is 0 Å². The van der Waals surface area contributed by atoms with Gasteiger partial charge in [-0.15, -0.1) is 0 Å². The van der Waals surface area contributed by atoms with Gasteiger partial charge in [0.1, 0.15) is 41.1 Å². The molecule has 2 aromatic carbocycles. The molecule has 2 amide bonds. The first-order valence-electron chi connectivity index (χ1n) is 24.2. The summed E-state index contributed by atoms with van der Waals surface area (Å²) in [5, 5.41) is 37.5. The Balaban J connectivity index is 0.898. The van der Waals surface area contributed by atoms with Crippen LogP contribution < -0.4 is 31.4 Å². The Morgan fingerprint density at radius 3 is 1.91 bits per heavy atom. The summed E-state index contributed by atoms with van der Waals surface area (Å²) in [6.45, 7) is 11.3. The zero-order chi connectivity index (χ0) is 57.2. The van der Waals surface area contributed by atoms with Gasteiger partial charge in [0.2, 0.25) is 18.4 Å². The molecule has 2 saturated heterocycles. The normalized spacial score (nSPS) is 21.6. The molecule has 2 fully saturated rings. The van der Waals surface area contributed by atoms with Gasteiger partial charge < -0.3 is 87.6 Å². The van der Waals surface area contributed by atoms with Gasteiger partial charge in [0.05, 0.1) is 27.5 Å². The number of nitrogens with one attached hydrogen (secondary N) is 5. The number of aromatic hydroxyl groups is 2. The lowest BCUT2D eigenvalue weighted by Gasteiger charge is -2.47. The van der Waals surface area contributed by atoms with Crippen LogP contribution in [0.25, 0.3) is 21.9 Å². The van der Waals surface area contributed by atoms with Crippen LogP contribution in [0.1, 0.15) is 92.9 Å². The summed E-state index contributed by atoms with van der Waals surface area (Å²) in [6.07, 6.45) is -7.80. The third-order valence-corrected chi connectivity index (χ3v) is 13.5. The number of methoxy groups -OCH3 is 2. The highest BCUT2D eigenvalue weighted by Crippen LogP contribution is 2.41. The van der Waals surface area contributed by atoms with Crippen molar-refractivity contribution in [3.05, 3.63) is 127 Å². The molecule has 79 heavy (non-hydrogen) atoms. The van der Waals surface area contributed by atoms with Crippen LogP contribution in [0.3, 0.4) is 0 Å². The molecule has 0 spiro atoms. The van der Waals surface area contributed by atoms with E-state index in [1.54, 1.807) is 59.7 Å². The Morgan fingerprint density at radius 1 is 0.722 bits per heavy atom. The number of aromatic amines is 3. The third kappa shape index (κ3) is 10.5. The van der Waals surface area contributed by atoms with Gasteiger partial charge in [-0.05, 0) is 96.5 Å². The lowest BCUT2D eigenvalue weighted by molar-refractivity contribution is -0.305. The number of fused-ring (bicyclic) bond motifs is 2. The number of hydrogen-bond acceptors (Lipinski definition) is 19. The van der Waals surface area contributed by atoms with Crippen molar-refractivity contribution in [3.8, 4) is 23.0 Å². The molecule has 24 nitrogen and oxygen atoms in total. The van der Waals surface area contributed by atoms with E-state index in [4.69, 9.17) is 46.7 Å². The van der Waals surface area contributed by atoms with E-state index in [0.29, 0.717) is 5.69 Å². The molecule has 7 atom stereocenters. The Kier molecular flexibility index (Phi) is 14.7. The van der Waals surface area contributed by atoms with E-state index in [9.17, 15) is 44.1 Å². The molecular weight excluding hydrogens is 1050 g/mol. The fourth-order valence-electron chi connectivity index (χ4n) is 9.68. The average Bonchev–Trinajstić information content (AvgIpc) is 4.25. The van der Waals surface area contributed by atoms with Gasteiger partial charge in [-0.2, -0.15) is 4.39 Å². The van der Waals surface area contributed by atoms with Crippen LogP contribution in [-0.4, -0.2) is 123 Å². The number of carbonyl (C=O) groups excluding carboxylic acids is 4. The quantitative estimate of drug-likeness (QED) is 0.0440. The Hall–Kier alpha value is -8.56. The zero-order valence-corrected chi connectivity index (χ0v) is 43.6. The molecule has 2 aliphatic heterocycles. The van der Waals surface area contributed by atoms with E-state index in [2.05, 4.69) is 25.6 Å². The van der Waals surface area contributed by atoms with Crippen molar-refractivity contribution in [1.82, 2.24) is 15.0 Å². The molecule has 418 valence electrons. The minimum atomic E-state index is -1.74. The SMILES string of the molecule is CO[C@@H]1C(OC(=O)c2ccc(C)[nH]2)C[C@H](Oc2ccc3c(O)c(NC(=O)c4[nH]cc(C(=O)Nc5c(O)c6cc(O[C@H]7OC(C)(C)[C@H](OC)C(OC(=O)c8ccc(C)[nH]8)C7O)cc(F)c6oc5=O)c4C)c(=O)oc3c2F)OC1(C)C. The number of aliphatic hydroxyl groups excluding tert-OH is 1. The molecule has 0 bridgehead atoms. The van der Waals surface area contributed by atoms with E-state index in [0.717, 1.165) is 36.2 Å².